The lowest BCUT2D eigenvalue weighted by Crippen LogP contribution is -2.48. The molecule has 5 heteroatoms. The molecule has 2 heterocycles. The summed E-state index contributed by atoms with van der Waals surface area (Å²) in [7, 11) is 0. The van der Waals surface area contributed by atoms with E-state index in [0.717, 1.165) is 61.8 Å². The van der Waals surface area contributed by atoms with Gasteiger partial charge < -0.3 is 14.8 Å². The Balaban J connectivity index is 1.76. The Morgan fingerprint density at radius 3 is 3.05 bits per heavy atom. The molecule has 1 atom stereocenters. The lowest BCUT2D eigenvalue weighted by molar-refractivity contribution is 0.199. The molecule has 4 nitrogen and oxygen atoms in total. The van der Waals surface area contributed by atoms with Crippen LogP contribution in [0, 0.1) is 0 Å². The highest BCUT2D eigenvalue weighted by Crippen LogP contribution is 2.38. The van der Waals surface area contributed by atoms with E-state index < -0.39 is 0 Å². The van der Waals surface area contributed by atoms with Crippen LogP contribution in [0.4, 0.5) is 0 Å². The van der Waals surface area contributed by atoms with E-state index in [1.165, 1.54) is 5.56 Å². The molecule has 2 aliphatic rings. The molecule has 110 valence electrons. The van der Waals surface area contributed by atoms with Crippen molar-refractivity contribution in [3.8, 4) is 11.5 Å². The molecule has 0 aliphatic carbocycles. The Labute approximate surface area is 128 Å². The number of rotatable bonds is 2. The first-order valence-corrected chi connectivity index (χ1v) is 8.05. The van der Waals surface area contributed by atoms with Gasteiger partial charge in [-0.1, -0.05) is 0 Å². The minimum atomic E-state index is 0.563. The summed E-state index contributed by atoms with van der Waals surface area (Å²) in [6.45, 7) is 7.89. The van der Waals surface area contributed by atoms with Crippen molar-refractivity contribution in [1.29, 1.82) is 0 Å². The van der Waals surface area contributed by atoms with E-state index >= 15 is 0 Å². The number of benzene rings is 1. The average molecular weight is 341 g/mol. The van der Waals surface area contributed by atoms with E-state index in [9.17, 15) is 0 Å². The van der Waals surface area contributed by atoms with Gasteiger partial charge in [-0.25, -0.2) is 0 Å². The average Bonchev–Trinajstić information content (AvgIpc) is 2.64. The number of hydrogen-bond acceptors (Lipinski definition) is 4. The number of ether oxygens (including phenoxy) is 2. The third kappa shape index (κ3) is 3.27. The predicted octanol–water partition coefficient (Wildman–Crippen LogP) is 2.40. The van der Waals surface area contributed by atoms with Crippen molar-refractivity contribution in [2.75, 3.05) is 32.8 Å². The van der Waals surface area contributed by atoms with Crippen LogP contribution in [0.5, 0.6) is 11.5 Å². The van der Waals surface area contributed by atoms with Crippen LogP contribution in [0.1, 0.15) is 18.9 Å². The standard InChI is InChI=1S/C15H21BrN2O2/c1-11-9-18(4-3-17-11)10-12-7-13(16)15-14(8-12)19-5-2-6-20-15/h7-8,11,17H,2-6,9-10H2,1H3/t11-/m1/s1. The zero-order valence-corrected chi connectivity index (χ0v) is 13.4. The maximum atomic E-state index is 5.79. The Morgan fingerprint density at radius 1 is 1.35 bits per heavy atom. The van der Waals surface area contributed by atoms with Gasteiger partial charge in [0.25, 0.3) is 0 Å². The summed E-state index contributed by atoms with van der Waals surface area (Å²) < 4.78 is 12.5. The van der Waals surface area contributed by atoms with Crippen LogP contribution in [0.2, 0.25) is 0 Å². The van der Waals surface area contributed by atoms with E-state index in [-0.39, 0.29) is 0 Å². The zero-order valence-electron chi connectivity index (χ0n) is 11.8. The summed E-state index contributed by atoms with van der Waals surface area (Å²) in [6.07, 6.45) is 0.936. The summed E-state index contributed by atoms with van der Waals surface area (Å²) in [6, 6.07) is 4.84. The molecule has 1 fully saturated rings. The van der Waals surface area contributed by atoms with Crippen LogP contribution in [-0.4, -0.2) is 43.8 Å². The second-order valence-corrected chi connectivity index (χ2v) is 6.40. The number of hydrogen-bond donors (Lipinski definition) is 1. The molecule has 1 aromatic rings. The first-order chi connectivity index (χ1) is 9.72. The molecule has 0 aromatic heterocycles. The van der Waals surface area contributed by atoms with Gasteiger partial charge >= 0.3 is 0 Å². The third-order valence-corrected chi connectivity index (χ3v) is 4.31. The highest BCUT2D eigenvalue weighted by molar-refractivity contribution is 9.10. The summed E-state index contributed by atoms with van der Waals surface area (Å²) in [4.78, 5) is 2.48. The highest BCUT2D eigenvalue weighted by atomic mass is 79.9. The first kappa shape index (κ1) is 14.2. The van der Waals surface area contributed by atoms with Crippen molar-refractivity contribution >= 4 is 15.9 Å². The number of halogens is 1. The van der Waals surface area contributed by atoms with Crippen LogP contribution >= 0.6 is 15.9 Å². The third-order valence-electron chi connectivity index (χ3n) is 3.72. The number of fused-ring (bicyclic) bond motifs is 1. The van der Waals surface area contributed by atoms with Gasteiger partial charge in [-0.3, -0.25) is 4.90 Å². The molecule has 1 saturated heterocycles. The monoisotopic (exact) mass is 340 g/mol. The number of nitrogens with zero attached hydrogens (tertiary/aromatic N) is 1. The number of piperazine rings is 1. The Bertz CT molecular complexity index is 481. The van der Waals surface area contributed by atoms with Gasteiger partial charge in [-0.15, -0.1) is 0 Å². The summed E-state index contributed by atoms with van der Waals surface area (Å²) in [5, 5.41) is 3.47. The minimum Gasteiger partial charge on any atom is -0.490 e. The topological polar surface area (TPSA) is 33.7 Å². The maximum Gasteiger partial charge on any atom is 0.175 e. The fourth-order valence-corrected chi connectivity index (χ4v) is 3.39. The second kappa shape index (κ2) is 6.33. The van der Waals surface area contributed by atoms with E-state index in [2.05, 4.69) is 45.2 Å². The van der Waals surface area contributed by atoms with Crippen LogP contribution in [0.3, 0.4) is 0 Å². The first-order valence-electron chi connectivity index (χ1n) is 7.26. The Kier molecular flexibility index (Phi) is 4.48. The molecule has 0 spiro atoms. The fraction of sp³-hybridized carbons (Fsp3) is 0.600. The van der Waals surface area contributed by atoms with Gasteiger partial charge in [0.2, 0.25) is 0 Å². The fourth-order valence-electron chi connectivity index (χ4n) is 2.79. The van der Waals surface area contributed by atoms with Crippen molar-refractivity contribution in [3.63, 3.8) is 0 Å². The lowest BCUT2D eigenvalue weighted by Gasteiger charge is -2.32. The molecule has 0 unspecified atom stereocenters. The SMILES string of the molecule is C[C@@H]1CN(Cc2cc(Br)c3c(c2)OCCCO3)CCN1. The molecular weight excluding hydrogens is 320 g/mol. The summed E-state index contributed by atoms with van der Waals surface area (Å²) in [5.74, 6) is 1.72. The highest BCUT2D eigenvalue weighted by Gasteiger charge is 2.19. The molecule has 0 radical (unpaired) electrons. The van der Waals surface area contributed by atoms with Crippen molar-refractivity contribution in [2.24, 2.45) is 0 Å². The predicted molar refractivity (Wildman–Crippen MR) is 82.5 cm³/mol. The molecule has 20 heavy (non-hydrogen) atoms. The molecule has 3 rings (SSSR count). The van der Waals surface area contributed by atoms with E-state index in [1.54, 1.807) is 0 Å². The van der Waals surface area contributed by atoms with Crippen molar-refractivity contribution in [3.05, 3.63) is 22.2 Å². The van der Waals surface area contributed by atoms with Crippen LogP contribution < -0.4 is 14.8 Å². The molecular formula is C15H21BrN2O2. The Morgan fingerprint density at radius 2 is 2.20 bits per heavy atom. The van der Waals surface area contributed by atoms with E-state index in [4.69, 9.17) is 9.47 Å². The largest absolute Gasteiger partial charge is 0.490 e. The molecule has 0 saturated carbocycles. The van der Waals surface area contributed by atoms with Crippen molar-refractivity contribution in [1.82, 2.24) is 10.2 Å². The normalized spacial score (nSPS) is 23.4. The van der Waals surface area contributed by atoms with Gasteiger partial charge in [0, 0.05) is 38.6 Å². The van der Waals surface area contributed by atoms with Gasteiger partial charge in [0.15, 0.2) is 11.5 Å². The summed E-state index contributed by atoms with van der Waals surface area (Å²) >= 11 is 3.61. The van der Waals surface area contributed by atoms with Gasteiger partial charge in [0.05, 0.1) is 17.7 Å². The molecule has 2 aliphatic heterocycles. The Hall–Kier alpha value is -0.780. The van der Waals surface area contributed by atoms with Gasteiger partial charge in [-0.05, 0) is 40.5 Å². The van der Waals surface area contributed by atoms with Gasteiger partial charge in [0.1, 0.15) is 0 Å². The molecule has 1 aromatic carbocycles. The summed E-state index contributed by atoms with van der Waals surface area (Å²) in [5.41, 5.74) is 1.27. The lowest BCUT2D eigenvalue weighted by atomic mass is 10.1. The van der Waals surface area contributed by atoms with Crippen LogP contribution in [0.15, 0.2) is 16.6 Å². The smallest absolute Gasteiger partial charge is 0.175 e. The van der Waals surface area contributed by atoms with Crippen LogP contribution in [0.25, 0.3) is 0 Å². The second-order valence-electron chi connectivity index (χ2n) is 5.55. The quantitative estimate of drug-likeness (QED) is 0.896. The zero-order chi connectivity index (χ0) is 13.9. The number of nitrogens with one attached hydrogen (secondary N) is 1. The maximum absolute atomic E-state index is 5.79. The van der Waals surface area contributed by atoms with E-state index in [0.29, 0.717) is 6.04 Å². The van der Waals surface area contributed by atoms with Gasteiger partial charge in [-0.2, -0.15) is 0 Å². The van der Waals surface area contributed by atoms with Crippen LogP contribution in [-0.2, 0) is 6.54 Å². The van der Waals surface area contributed by atoms with Crippen molar-refractivity contribution < 1.29 is 9.47 Å². The molecule has 1 N–H and O–H groups in total. The molecule has 0 bridgehead atoms. The van der Waals surface area contributed by atoms with Crippen molar-refractivity contribution in [2.45, 2.75) is 25.9 Å². The van der Waals surface area contributed by atoms with E-state index in [1.807, 2.05) is 0 Å². The molecule has 0 amide bonds. The minimum absolute atomic E-state index is 0.563.